The van der Waals surface area contributed by atoms with Crippen molar-refractivity contribution >= 4 is 35.8 Å². The number of rotatable bonds is 11. The minimum Gasteiger partial charge on any atom is -0.481 e. The highest BCUT2D eigenvalue weighted by atomic mass is 16.6. The zero-order valence-corrected chi connectivity index (χ0v) is 12.4. The molecule has 13 heteroatoms. The van der Waals surface area contributed by atoms with Gasteiger partial charge in [0.1, 0.15) is 0 Å². The van der Waals surface area contributed by atoms with Crippen LogP contribution in [0.3, 0.4) is 0 Å². The first kappa shape index (κ1) is 21.8. The summed E-state index contributed by atoms with van der Waals surface area (Å²) in [7, 11) is 0. The predicted octanol–water partition coefficient (Wildman–Crippen LogP) is -2.32. The molecular formula is C12H14O13. The molecule has 140 valence electrons. The molecule has 5 N–H and O–H groups in total. The van der Waals surface area contributed by atoms with Crippen LogP contribution in [0.25, 0.3) is 0 Å². The third kappa shape index (κ3) is 8.85. The predicted molar refractivity (Wildman–Crippen MR) is 70.2 cm³/mol. The second-order valence-electron chi connectivity index (χ2n) is 4.49. The van der Waals surface area contributed by atoms with Crippen LogP contribution in [0.15, 0.2) is 0 Å². The Bertz CT molecular complexity index is 565. The summed E-state index contributed by atoms with van der Waals surface area (Å²) in [4.78, 5) is 65.2. The molecule has 0 aromatic rings. The normalized spacial score (nSPS) is 13.8. The van der Waals surface area contributed by atoms with E-state index in [9.17, 15) is 28.8 Å². The Balaban J connectivity index is 4.79. The second-order valence-corrected chi connectivity index (χ2v) is 4.49. The van der Waals surface area contributed by atoms with E-state index in [1.165, 1.54) is 0 Å². The highest BCUT2D eigenvalue weighted by Gasteiger charge is 2.31. The average Bonchev–Trinajstić information content (AvgIpc) is 2.44. The second kappa shape index (κ2) is 9.82. The van der Waals surface area contributed by atoms with E-state index in [1.807, 2.05) is 0 Å². The van der Waals surface area contributed by atoms with Crippen LogP contribution in [0.2, 0.25) is 0 Å². The molecule has 0 aliphatic rings. The monoisotopic (exact) mass is 366 g/mol. The first-order valence-corrected chi connectivity index (χ1v) is 6.41. The van der Waals surface area contributed by atoms with Gasteiger partial charge in [-0.05, 0) is 0 Å². The molecule has 0 spiro atoms. The molecule has 0 aliphatic heterocycles. The van der Waals surface area contributed by atoms with Crippen molar-refractivity contribution in [3.8, 4) is 0 Å². The Morgan fingerprint density at radius 3 is 1.40 bits per heavy atom. The maximum absolute atomic E-state index is 11.5. The molecule has 0 amide bonds. The fourth-order valence-electron chi connectivity index (χ4n) is 1.33. The van der Waals surface area contributed by atoms with E-state index in [4.69, 9.17) is 25.5 Å². The van der Waals surface area contributed by atoms with E-state index in [1.54, 1.807) is 0 Å². The Morgan fingerprint density at radius 2 is 1.04 bits per heavy atom. The maximum atomic E-state index is 11.5. The van der Waals surface area contributed by atoms with Crippen LogP contribution in [0.5, 0.6) is 0 Å². The van der Waals surface area contributed by atoms with E-state index < -0.39 is 73.4 Å². The lowest BCUT2D eigenvalue weighted by molar-refractivity contribution is -0.175. The third-order valence-corrected chi connectivity index (χ3v) is 2.46. The zero-order valence-electron chi connectivity index (χ0n) is 12.4. The molecule has 0 aliphatic carbocycles. The summed E-state index contributed by atoms with van der Waals surface area (Å²) in [6.45, 7) is 0. The summed E-state index contributed by atoms with van der Waals surface area (Å²) >= 11 is 0. The number of hydrogen-bond acceptors (Lipinski definition) is 9. The molecule has 0 saturated heterocycles. The van der Waals surface area contributed by atoms with Gasteiger partial charge in [0.2, 0.25) is 12.2 Å². The summed E-state index contributed by atoms with van der Waals surface area (Å²) < 4.78 is 8.59. The van der Waals surface area contributed by atoms with Crippen molar-refractivity contribution in [1.82, 2.24) is 0 Å². The van der Waals surface area contributed by atoms with Gasteiger partial charge in [-0.15, -0.1) is 0 Å². The highest BCUT2D eigenvalue weighted by molar-refractivity contribution is 5.87. The molecule has 0 heterocycles. The average molecular weight is 366 g/mol. The summed E-state index contributed by atoms with van der Waals surface area (Å²) in [5.74, 6) is -9.90. The fourth-order valence-corrected chi connectivity index (χ4v) is 1.33. The number of ether oxygens (including phenoxy) is 2. The molecule has 0 aromatic heterocycles. The van der Waals surface area contributed by atoms with E-state index in [2.05, 4.69) is 9.47 Å². The lowest BCUT2D eigenvalue weighted by Gasteiger charge is -2.16. The molecule has 0 aromatic carbocycles. The van der Waals surface area contributed by atoms with Crippen LogP contribution in [-0.4, -0.2) is 79.7 Å². The quantitative estimate of drug-likeness (QED) is 0.242. The zero-order chi connectivity index (χ0) is 19.7. The minimum atomic E-state index is -2.15. The van der Waals surface area contributed by atoms with Crippen molar-refractivity contribution in [1.29, 1.82) is 0 Å². The van der Waals surface area contributed by atoms with Crippen LogP contribution < -0.4 is 0 Å². The molecule has 0 bridgehead atoms. The SMILES string of the molecule is O=C(O)CC(OC(=O)CC(OC(=O)CC(O)C(=O)O)C(=O)O)C(=O)O. The van der Waals surface area contributed by atoms with Crippen LogP contribution in [-0.2, 0) is 38.2 Å². The lowest BCUT2D eigenvalue weighted by Crippen LogP contribution is -2.35. The lowest BCUT2D eigenvalue weighted by atomic mass is 10.2. The Hall–Kier alpha value is -3.22. The van der Waals surface area contributed by atoms with Gasteiger partial charge in [0.05, 0.1) is 19.3 Å². The van der Waals surface area contributed by atoms with Gasteiger partial charge in [-0.1, -0.05) is 0 Å². The first-order valence-electron chi connectivity index (χ1n) is 6.41. The highest BCUT2D eigenvalue weighted by Crippen LogP contribution is 2.08. The van der Waals surface area contributed by atoms with Crippen LogP contribution in [0.4, 0.5) is 0 Å². The number of aliphatic carboxylic acids is 4. The topological polar surface area (TPSA) is 222 Å². The van der Waals surface area contributed by atoms with Crippen LogP contribution in [0, 0.1) is 0 Å². The molecule has 25 heavy (non-hydrogen) atoms. The number of esters is 2. The molecule has 0 rings (SSSR count). The molecule has 13 nitrogen and oxygen atoms in total. The Labute approximate surface area is 138 Å². The van der Waals surface area contributed by atoms with Crippen LogP contribution >= 0.6 is 0 Å². The standard InChI is InChI=1S/C12H14O13/c13-4(10(18)19)1-8(16)25-6(12(22)23)3-9(17)24-5(11(20)21)2-7(14)15/h4-6,13H,1-3H2,(H,14,15)(H,18,19)(H,20,21)(H,22,23). The van der Waals surface area contributed by atoms with E-state index in [-0.39, 0.29) is 0 Å². The van der Waals surface area contributed by atoms with Crippen molar-refractivity contribution in [2.45, 2.75) is 37.6 Å². The van der Waals surface area contributed by atoms with Gasteiger partial charge in [-0.2, -0.15) is 0 Å². The number of carboxylic acids is 4. The molecule has 0 saturated carbocycles. The number of aliphatic hydroxyl groups is 1. The van der Waals surface area contributed by atoms with Crippen molar-refractivity contribution in [3.05, 3.63) is 0 Å². The number of carbonyl (C=O) groups is 6. The number of carboxylic acid groups (broad SMARTS) is 4. The minimum absolute atomic E-state index is 1.08. The summed E-state index contributed by atoms with van der Waals surface area (Å²) in [6, 6.07) is 0. The smallest absolute Gasteiger partial charge is 0.345 e. The Morgan fingerprint density at radius 1 is 0.640 bits per heavy atom. The van der Waals surface area contributed by atoms with Gasteiger partial charge in [-0.3, -0.25) is 14.4 Å². The Kier molecular flexibility index (Phi) is 8.55. The van der Waals surface area contributed by atoms with Gasteiger partial charge >= 0.3 is 35.8 Å². The number of carbonyl (C=O) groups excluding carboxylic acids is 2. The molecule has 0 fully saturated rings. The maximum Gasteiger partial charge on any atom is 0.345 e. The summed E-state index contributed by atoms with van der Waals surface area (Å²) in [5, 5.41) is 43.3. The van der Waals surface area contributed by atoms with E-state index in [0.717, 1.165) is 0 Å². The van der Waals surface area contributed by atoms with E-state index in [0.29, 0.717) is 0 Å². The summed E-state index contributed by atoms with van der Waals surface area (Å²) in [6.07, 6.45) is -9.72. The van der Waals surface area contributed by atoms with Gasteiger partial charge in [-0.25, -0.2) is 14.4 Å². The van der Waals surface area contributed by atoms with E-state index >= 15 is 0 Å². The largest absolute Gasteiger partial charge is 0.481 e. The third-order valence-electron chi connectivity index (χ3n) is 2.46. The van der Waals surface area contributed by atoms with Crippen molar-refractivity contribution < 1.29 is 63.8 Å². The molecular weight excluding hydrogens is 352 g/mol. The van der Waals surface area contributed by atoms with Gasteiger partial charge in [0.15, 0.2) is 6.10 Å². The number of hydrogen-bond donors (Lipinski definition) is 5. The van der Waals surface area contributed by atoms with Gasteiger partial charge in [0, 0.05) is 0 Å². The van der Waals surface area contributed by atoms with Gasteiger partial charge < -0.3 is 35.0 Å². The fraction of sp³-hybridized carbons (Fsp3) is 0.500. The number of aliphatic hydroxyl groups excluding tert-OH is 1. The molecule has 0 radical (unpaired) electrons. The van der Waals surface area contributed by atoms with Crippen molar-refractivity contribution in [2.24, 2.45) is 0 Å². The molecule has 3 atom stereocenters. The van der Waals surface area contributed by atoms with Crippen molar-refractivity contribution in [2.75, 3.05) is 0 Å². The molecule has 3 unspecified atom stereocenters. The summed E-state index contributed by atoms with van der Waals surface area (Å²) in [5.41, 5.74) is 0. The first-order chi connectivity index (χ1) is 11.4. The van der Waals surface area contributed by atoms with Crippen LogP contribution in [0.1, 0.15) is 19.3 Å². The van der Waals surface area contributed by atoms with Crippen molar-refractivity contribution in [3.63, 3.8) is 0 Å². The van der Waals surface area contributed by atoms with Gasteiger partial charge in [0.25, 0.3) is 0 Å².